The highest BCUT2D eigenvalue weighted by atomic mass is 35.5. The molecule has 0 spiro atoms. The Bertz CT molecular complexity index is 247. The zero-order valence-corrected chi connectivity index (χ0v) is 9.77. The molecule has 1 heterocycles. The van der Waals surface area contributed by atoms with Gasteiger partial charge in [0, 0.05) is 12.6 Å². The third kappa shape index (κ3) is 3.52. The van der Waals surface area contributed by atoms with Gasteiger partial charge in [0.25, 0.3) is 0 Å². The molecule has 1 fully saturated rings. The van der Waals surface area contributed by atoms with Crippen LogP contribution in [-0.4, -0.2) is 35.6 Å². The summed E-state index contributed by atoms with van der Waals surface area (Å²) < 4.78 is 36.6. The maximum atomic E-state index is 12.2. The number of carbonyl (C=O) groups is 1. The summed E-state index contributed by atoms with van der Waals surface area (Å²) in [6, 6.07) is -2.52. The van der Waals surface area contributed by atoms with Crippen LogP contribution in [0.1, 0.15) is 26.2 Å². The zero-order chi connectivity index (χ0) is 11.6. The maximum absolute atomic E-state index is 12.2. The molecule has 2 atom stereocenters. The largest absolute Gasteiger partial charge is 0.412 e. The number of alkyl halides is 3. The first-order valence-corrected chi connectivity index (χ1v) is 4.97. The topological polar surface area (TPSA) is 46.3 Å². The Labute approximate surface area is 98.6 Å². The highest BCUT2D eigenvalue weighted by molar-refractivity contribution is 5.85. The van der Waals surface area contributed by atoms with Crippen molar-refractivity contribution in [2.24, 2.45) is 5.73 Å². The predicted molar refractivity (Wildman–Crippen MR) is 56.3 cm³/mol. The first-order valence-electron chi connectivity index (χ1n) is 4.97. The lowest BCUT2D eigenvalue weighted by Gasteiger charge is -2.35. The summed E-state index contributed by atoms with van der Waals surface area (Å²) in [7, 11) is 0. The molecule has 0 aromatic heterocycles. The quantitative estimate of drug-likeness (QED) is 0.780. The average molecular weight is 261 g/mol. The van der Waals surface area contributed by atoms with Crippen molar-refractivity contribution in [3.63, 3.8) is 0 Å². The van der Waals surface area contributed by atoms with Crippen LogP contribution in [0.3, 0.4) is 0 Å². The fraction of sp³-hybridized carbons (Fsp3) is 0.889. The minimum atomic E-state index is -4.64. The Hall–Kier alpha value is -0.490. The Kier molecular flexibility index (Phi) is 5.55. The summed E-state index contributed by atoms with van der Waals surface area (Å²) in [6.07, 6.45) is -2.20. The van der Waals surface area contributed by atoms with Crippen molar-refractivity contribution in [2.45, 2.75) is 44.4 Å². The molecule has 2 N–H and O–H groups in total. The summed E-state index contributed by atoms with van der Waals surface area (Å²) in [6.45, 7) is 2.13. The molecule has 3 nitrogen and oxygen atoms in total. The highest BCUT2D eigenvalue weighted by Crippen LogP contribution is 2.23. The van der Waals surface area contributed by atoms with Gasteiger partial charge in [-0.05, 0) is 26.2 Å². The van der Waals surface area contributed by atoms with Crippen molar-refractivity contribution in [3.8, 4) is 0 Å². The fourth-order valence-corrected chi connectivity index (χ4v) is 1.74. The summed E-state index contributed by atoms with van der Waals surface area (Å²) >= 11 is 0. The third-order valence-corrected chi connectivity index (χ3v) is 2.70. The number of halogens is 4. The summed E-state index contributed by atoms with van der Waals surface area (Å²) in [5, 5.41) is 0. The molecule has 0 aromatic carbocycles. The van der Waals surface area contributed by atoms with Gasteiger partial charge in [-0.1, -0.05) is 0 Å². The minimum absolute atomic E-state index is 0. The molecule has 1 rings (SSSR count). The second kappa shape index (κ2) is 5.72. The van der Waals surface area contributed by atoms with Crippen LogP contribution in [0.2, 0.25) is 0 Å². The smallest absolute Gasteiger partial charge is 0.338 e. The second-order valence-corrected chi connectivity index (χ2v) is 3.90. The Morgan fingerprint density at radius 2 is 2.00 bits per heavy atom. The van der Waals surface area contributed by atoms with Gasteiger partial charge in [-0.15, -0.1) is 12.4 Å². The molecule has 1 saturated heterocycles. The van der Waals surface area contributed by atoms with Gasteiger partial charge in [-0.2, -0.15) is 13.2 Å². The number of amides is 1. The van der Waals surface area contributed by atoms with Crippen molar-refractivity contribution >= 4 is 18.3 Å². The Morgan fingerprint density at radius 1 is 1.44 bits per heavy atom. The Balaban J connectivity index is 0.00000225. The maximum Gasteiger partial charge on any atom is 0.412 e. The first kappa shape index (κ1) is 15.5. The van der Waals surface area contributed by atoms with E-state index in [0.717, 1.165) is 19.3 Å². The first-order chi connectivity index (χ1) is 6.84. The van der Waals surface area contributed by atoms with E-state index in [1.807, 2.05) is 0 Å². The van der Waals surface area contributed by atoms with Crippen LogP contribution in [-0.2, 0) is 4.79 Å². The second-order valence-electron chi connectivity index (χ2n) is 3.90. The molecule has 7 heteroatoms. The van der Waals surface area contributed by atoms with Crippen molar-refractivity contribution in [2.75, 3.05) is 6.54 Å². The van der Waals surface area contributed by atoms with E-state index < -0.39 is 18.1 Å². The van der Waals surface area contributed by atoms with Gasteiger partial charge < -0.3 is 10.6 Å². The predicted octanol–water partition coefficient (Wildman–Crippen LogP) is 1.70. The van der Waals surface area contributed by atoms with Gasteiger partial charge in [-0.3, -0.25) is 4.79 Å². The summed E-state index contributed by atoms with van der Waals surface area (Å²) in [5.74, 6) is -1.00. The van der Waals surface area contributed by atoms with Crippen molar-refractivity contribution < 1.29 is 18.0 Å². The van der Waals surface area contributed by atoms with Gasteiger partial charge in [-0.25, -0.2) is 0 Å². The number of hydrogen-bond acceptors (Lipinski definition) is 2. The van der Waals surface area contributed by atoms with Gasteiger partial charge in [0.15, 0.2) is 6.04 Å². The van der Waals surface area contributed by atoms with Gasteiger partial charge in [0.1, 0.15) is 0 Å². The highest BCUT2D eigenvalue weighted by Gasteiger charge is 2.44. The number of nitrogens with zero attached hydrogens (tertiary/aromatic N) is 1. The van der Waals surface area contributed by atoms with Crippen LogP contribution in [0.5, 0.6) is 0 Å². The SMILES string of the molecule is CC1CCCCN1C(=O)C(N)C(F)(F)F.Cl. The lowest BCUT2D eigenvalue weighted by atomic mass is 10.0. The molecule has 16 heavy (non-hydrogen) atoms. The number of likely N-dealkylation sites (tertiary alicyclic amines) is 1. The number of carbonyl (C=O) groups excluding carboxylic acids is 1. The monoisotopic (exact) mass is 260 g/mol. The zero-order valence-electron chi connectivity index (χ0n) is 8.96. The number of nitrogens with two attached hydrogens (primary N) is 1. The van der Waals surface area contributed by atoms with E-state index in [-0.39, 0.29) is 18.4 Å². The van der Waals surface area contributed by atoms with Crippen LogP contribution >= 0.6 is 12.4 Å². The van der Waals surface area contributed by atoms with Crippen molar-refractivity contribution in [3.05, 3.63) is 0 Å². The minimum Gasteiger partial charge on any atom is -0.338 e. The van der Waals surface area contributed by atoms with Gasteiger partial charge in [0.05, 0.1) is 0 Å². The summed E-state index contributed by atoms with van der Waals surface area (Å²) in [4.78, 5) is 12.7. The van der Waals surface area contributed by atoms with Crippen LogP contribution in [0, 0.1) is 0 Å². The molecule has 0 bridgehead atoms. The number of piperidine rings is 1. The fourth-order valence-electron chi connectivity index (χ4n) is 1.74. The average Bonchev–Trinajstić information content (AvgIpc) is 2.15. The number of hydrogen-bond donors (Lipinski definition) is 1. The van der Waals surface area contributed by atoms with E-state index in [2.05, 4.69) is 0 Å². The van der Waals surface area contributed by atoms with E-state index in [1.54, 1.807) is 6.92 Å². The standard InChI is InChI=1S/C9H15F3N2O.ClH/c1-6-4-2-3-5-14(6)8(15)7(13)9(10,11)12;/h6-7H,2-5,13H2,1H3;1H. The van der Waals surface area contributed by atoms with Gasteiger partial charge >= 0.3 is 6.18 Å². The lowest BCUT2D eigenvalue weighted by Crippen LogP contribution is -2.55. The van der Waals surface area contributed by atoms with Crippen LogP contribution in [0.25, 0.3) is 0 Å². The number of rotatable bonds is 1. The molecular formula is C9H16ClF3N2O. The molecule has 1 aliphatic rings. The lowest BCUT2D eigenvalue weighted by molar-refractivity contribution is -0.172. The third-order valence-electron chi connectivity index (χ3n) is 2.70. The molecule has 96 valence electrons. The molecular weight excluding hydrogens is 245 g/mol. The molecule has 0 aliphatic carbocycles. The molecule has 0 aromatic rings. The van der Waals surface area contributed by atoms with Crippen LogP contribution in [0.15, 0.2) is 0 Å². The molecule has 2 unspecified atom stereocenters. The molecule has 0 radical (unpaired) electrons. The molecule has 1 aliphatic heterocycles. The Morgan fingerprint density at radius 3 is 2.44 bits per heavy atom. The molecule has 1 amide bonds. The van der Waals surface area contributed by atoms with Gasteiger partial charge in [0.2, 0.25) is 5.91 Å². The van der Waals surface area contributed by atoms with Crippen LogP contribution < -0.4 is 5.73 Å². The van der Waals surface area contributed by atoms with E-state index in [0.29, 0.717) is 6.54 Å². The normalized spacial score (nSPS) is 23.6. The van der Waals surface area contributed by atoms with Crippen molar-refractivity contribution in [1.29, 1.82) is 0 Å². The van der Waals surface area contributed by atoms with Crippen LogP contribution in [0.4, 0.5) is 13.2 Å². The van der Waals surface area contributed by atoms with E-state index in [9.17, 15) is 18.0 Å². The van der Waals surface area contributed by atoms with E-state index >= 15 is 0 Å². The molecule has 0 saturated carbocycles. The van der Waals surface area contributed by atoms with E-state index in [4.69, 9.17) is 5.73 Å². The van der Waals surface area contributed by atoms with E-state index in [1.165, 1.54) is 4.90 Å². The van der Waals surface area contributed by atoms with Crippen molar-refractivity contribution in [1.82, 2.24) is 4.90 Å². The summed E-state index contributed by atoms with van der Waals surface area (Å²) in [5.41, 5.74) is 4.87.